The van der Waals surface area contributed by atoms with E-state index in [-0.39, 0.29) is 11.8 Å². The molecule has 0 bridgehead atoms. The predicted octanol–water partition coefficient (Wildman–Crippen LogP) is 1.54. The van der Waals surface area contributed by atoms with E-state index in [1.165, 1.54) is 0 Å². The number of carbonyl (C=O) groups is 1. The lowest BCUT2D eigenvalue weighted by Gasteiger charge is -2.13. The Morgan fingerprint density at radius 1 is 1.50 bits per heavy atom. The molecule has 1 unspecified atom stereocenters. The number of hydrogen-bond donors (Lipinski definition) is 1. The minimum Gasteiger partial charge on any atom is -0.384 e. The normalized spacial score (nSPS) is 12.4. The van der Waals surface area contributed by atoms with Crippen molar-refractivity contribution in [3.8, 4) is 0 Å². The maximum Gasteiger partial charge on any atom is 0.248 e. The first-order valence-electron chi connectivity index (χ1n) is 4.54. The van der Waals surface area contributed by atoms with Crippen LogP contribution in [0.2, 0.25) is 0 Å². The molecule has 1 aromatic rings. The molecule has 1 amide bonds. The van der Waals surface area contributed by atoms with Gasteiger partial charge in [0.25, 0.3) is 0 Å². The summed E-state index contributed by atoms with van der Waals surface area (Å²) in [7, 11) is 1.64. The third-order valence-corrected chi connectivity index (χ3v) is 2.17. The second-order valence-electron chi connectivity index (χ2n) is 3.31. The van der Waals surface area contributed by atoms with Crippen LogP contribution in [0.25, 0.3) is 0 Å². The molecular formula is C11H15NO2. The van der Waals surface area contributed by atoms with Crippen LogP contribution in [-0.2, 0) is 4.74 Å². The van der Waals surface area contributed by atoms with Crippen LogP contribution in [0.15, 0.2) is 24.3 Å². The molecule has 0 fully saturated rings. The lowest BCUT2D eigenvalue weighted by atomic mass is 9.96. The molecule has 14 heavy (non-hydrogen) atoms. The molecule has 0 aliphatic rings. The Balaban J connectivity index is 3.00. The minimum atomic E-state index is -0.386. The monoisotopic (exact) mass is 193 g/mol. The van der Waals surface area contributed by atoms with Gasteiger partial charge in [-0.25, -0.2) is 0 Å². The average Bonchev–Trinajstić information content (AvgIpc) is 2.18. The number of nitrogens with two attached hydrogens (primary N) is 1. The van der Waals surface area contributed by atoms with Crippen LogP contribution in [-0.4, -0.2) is 19.6 Å². The third-order valence-electron chi connectivity index (χ3n) is 2.17. The molecule has 0 aliphatic carbocycles. The van der Waals surface area contributed by atoms with Gasteiger partial charge in [0, 0.05) is 18.6 Å². The van der Waals surface area contributed by atoms with Crippen LogP contribution in [0.5, 0.6) is 0 Å². The number of primary amides is 1. The lowest BCUT2D eigenvalue weighted by molar-refractivity contribution is 0.0998. The van der Waals surface area contributed by atoms with Crippen molar-refractivity contribution in [2.45, 2.75) is 12.8 Å². The Labute approximate surface area is 83.9 Å². The lowest BCUT2D eigenvalue weighted by Crippen LogP contribution is -2.16. The van der Waals surface area contributed by atoms with E-state index in [9.17, 15) is 4.79 Å². The highest BCUT2D eigenvalue weighted by Gasteiger charge is 2.12. The van der Waals surface area contributed by atoms with Gasteiger partial charge in [0.1, 0.15) is 0 Å². The second kappa shape index (κ2) is 4.77. The summed E-state index contributed by atoms with van der Waals surface area (Å²) in [5.74, 6) is -0.202. The van der Waals surface area contributed by atoms with Gasteiger partial charge in [-0.05, 0) is 11.6 Å². The summed E-state index contributed by atoms with van der Waals surface area (Å²) in [5, 5.41) is 0. The summed E-state index contributed by atoms with van der Waals surface area (Å²) >= 11 is 0. The van der Waals surface area contributed by atoms with Crippen molar-refractivity contribution in [2.24, 2.45) is 5.73 Å². The van der Waals surface area contributed by atoms with E-state index in [1.54, 1.807) is 13.2 Å². The predicted molar refractivity (Wildman–Crippen MR) is 55.3 cm³/mol. The van der Waals surface area contributed by atoms with E-state index < -0.39 is 0 Å². The number of amides is 1. The Kier molecular flexibility index (Phi) is 3.65. The van der Waals surface area contributed by atoms with Crippen LogP contribution in [0, 0.1) is 0 Å². The van der Waals surface area contributed by atoms with E-state index in [0.29, 0.717) is 12.2 Å². The molecule has 0 radical (unpaired) electrons. The highest BCUT2D eigenvalue weighted by atomic mass is 16.5. The van der Waals surface area contributed by atoms with Gasteiger partial charge in [0.15, 0.2) is 0 Å². The molecule has 0 saturated heterocycles. The van der Waals surface area contributed by atoms with Gasteiger partial charge >= 0.3 is 0 Å². The fourth-order valence-corrected chi connectivity index (χ4v) is 1.49. The second-order valence-corrected chi connectivity index (χ2v) is 3.31. The molecule has 3 nitrogen and oxygen atoms in total. The van der Waals surface area contributed by atoms with Crippen molar-refractivity contribution in [2.75, 3.05) is 13.7 Å². The summed E-state index contributed by atoms with van der Waals surface area (Å²) in [6.07, 6.45) is 0. The van der Waals surface area contributed by atoms with Gasteiger partial charge in [-0.3, -0.25) is 4.79 Å². The van der Waals surface area contributed by atoms with Crippen LogP contribution in [0.4, 0.5) is 0 Å². The van der Waals surface area contributed by atoms with Crippen LogP contribution >= 0.6 is 0 Å². The molecule has 0 spiro atoms. The largest absolute Gasteiger partial charge is 0.384 e. The summed E-state index contributed by atoms with van der Waals surface area (Å²) < 4.78 is 5.04. The molecule has 0 heterocycles. The molecule has 0 aromatic heterocycles. The van der Waals surface area contributed by atoms with E-state index in [4.69, 9.17) is 10.5 Å². The van der Waals surface area contributed by atoms with Crippen molar-refractivity contribution in [3.05, 3.63) is 35.4 Å². The summed E-state index contributed by atoms with van der Waals surface area (Å²) in [4.78, 5) is 11.1. The van der Waals surface area contributed by atoms with Gasteiger partial charge in [-0.15, -0.1) is 0 Å². The highest BCUT2D eigenvalue weighted by Crippen LogP contribution is 2.19. The molecule has 0 aliphatic heterocycles. The first kappa shape index (κ1) is 10.7. The molecule has 76 valence electrons. The van der Waals surface area contributed by atoms with Crippen LogP contribution in [0.3, 0.4) is 0 Å². The molecule has 1 atom stereocenters. The van der Waals surface area contributed by atoms with Gasteiger partial charge in [-0.1, -0.05) is 25.1 Å². The Hall–Kier alpha value is -1.35. The number of rotatable bonds is 4. The van der Waals surface area contributed by atoms with E-state index >= 15 is 0 Å². The van der Waals surface area contributed by atoms with Crippen molar-refractivity contribution >= 4 is 5.91 Å². The van der Waals surface area contributed by atoms with E-state index in [0.717, 1.165) is 5.56 Å². The van der Waals surface area contributed by atoms with Gasteiger partial charge in [0.05, 0.1) is 6.61 Å². The number of carbonyl (C=O) groups excluding carboxylic acids is 1. The topological polar surface area (TPSA) is 52.3 Å². The highest BCUT2D eigenvalue weighted by molar-refractivity contribution is 5.94. The molecule has 1 rings (SSSR count). The zero-order valence-corrected chi connectivity index (χ0v) is 8.49. The zero-order valence-electron chi connectivity index (χ0n) is 8.49. The van der Waals surface area contributed by atoms with Gasteiger partial charge in [-0.2, -0.15) is 0 Å². The first-order chi connectivity index (χ1) is 6.66. The molecule has 0 saturated carbocycles. The maximum atomic E-state index is 11.1. The molecular weight excluding hydrogens is 178 g/mol. The smallest absolute Gasteiger partial charge is 0.248 e. The summed E-state index contributed by atoms with van der Waals surface area (Å²) in [6, 6.07) is 7.35. The van der Waals surface area contributed by atoms with Crippen molar-refractivity contribution in [1.29, 1.82) is 0 Å². The van der Waals surface area contributed by atoms with Gasteiger partial charge in [0.2, 0.25) is 5.91 Å². The summed E-state index contributed by atoms with van der Waals surface area (Å²) in [6.45, 7) is 2.59. The SMILES string of the molecule is COCC(C)c1ccccc1C(N)=O. The standard InChI is InChI=1S/C11H15NO2/c1-8(7-14-2)9-5-3-4-6-10(9)11(12)13/h3-6,8H,7H2,1-2H3,(H2,12,13). The Bertz CT molecular complexity index is 323. The van der Waals surface area contributed by atoms with Crippen LogP contribution in [0.1, 0.15) is 28.8 Å². The van der Waals surface area contributed by atoms with Gasteiger partial charge < -0.3 is 10.5 Å². The van der Waals surface area contributed by atoms with Crippen LogP contribution < -0.4 is 5.73 Å². The summed E-state index contributed by atoms with van der Waals surface area (Å²) in [5.41, 5.74) is 6.80. The number of hydrogen-bond acceptors (Lipinski definition) is 2. The minimum absolute atomic E-state index is 0.184. The van der Waals surface area contributed by atoms with Crippen molar-refractivity contribution in [1.82, 2.24) is 0 Å². The van der Waals surface area contributed by atoms with E-state index in [2.05, 4.69) is 0 Å². The fraction of sp³-hybridized carbons (Fsp3) is 0.364. The maximum absolute atomic E-state index is 11.1. The Morgan fingerprint density at radius 3 is 2.71 bits per heavy atom. The average molecular weight is 193 g/mol. The van der Waals surface area contributed by atoms with E-state index in [1.807, 2.05) is 25.1 Å². The molecule has 2 N–H and O–H groups in total. The fourth-order valence-electron chi connectivity index (χ4n) is 1.49. The van der Waals surface area contributed by atoms with Crippen molar-refractivity contribution in [3.63, 3.8) is 0 Å². The number of benzene rings is 1. The molecule has 1 aromatic carbocycles. The first-order valence-corrected chi connectivity index (χ1v) is 4.54. The number of ether oxygens (including phenoxy) is 1. The Morgan fingerprint density at radius 2 is 2.14 bits per heavy atom. The zero-order chi connectivity index (χ0) is 10.6. The number of methoxy groups -OCH3 is 1. The third kappa shape index (κ3) is 2.33. The van der Waals surface area contributed by atoms with Crippen molar-refractivity contribution < 1.29 is 9.53 Å². The molecule has 3 heteroatoms. The quantitative estimate of drug-likeness (QED) is 0.788.